The van der Waals surface area contributed by atoms with Crippen molar-refractivity contribution >= 4 is 22.6 Å². The molecule has 118 valence electrons. The first-order valence-electron chi connectivity index (χ1n) is 8.08. The summed E-state index contributed by atoms with van der Waals surface area (Å²) in [6.07, 6.45) is 1.10. The van der Waals surface area contributed by atoms with Crippen molar-refractivity contribution in [2.45, 2.75) is 19.1 Å². The van der Waals surface area contributed by atoms with Gasteiger partial charge in [-0.15, -0.1) is 0 Å². The molecule has 0 fully saturated rings. The summed E-state index contributed by atoms with van der Waals surface area (Å²) in [4.78, 5) is 2.25. The predicted molar refractivity (Wildman–Crippen MR) is 96.1 cm³/mol. The number of thioether (sulfide) groups is 1. The van der Waals surface area contributed by atoms with Crippen LogP contribution in [-0.4, -0.2) is 33.7 Å². The van der Waals surface area contributed by atoms with E-state index in [9.17, 15) is 5.11 Å². The number of anilines is 1. The molecule has 4 heteroatoms. The Morgan fingerprint density at radius 3 is 2.57 bits per heavy atom. The van der Waals surface area contributed by atoms with Crippen molar-refractivity contribution in [3.8, 4) is 0 Å². The van der Waals surface area contributed by atoms with E-state index >= 15 is 0 Å². The molecule has 2 heterocycles. The molecule has 0 saturated carbocycles. The van der Waals surface area contributed by atoms with E-state index in [0.717, 1.165) is 30.0 Å². The number of para-hydroxylation sites is 1. The molecule has 0 spiro atoms. The highest BCUT2D eigenvalue weighted by molar-refractivity contribution is 8.13. The minimum atomic E-state index is -0.952. The van der Waals surface area contributed by atoms with Crippen molar-refractivity contribution in [2.24, 2.45) is 0 Å². The van der Waals surface area contributed by atoms with Crippen molar-refractivity contribution in [2.75, 3.05) is 23.7 Å². The molecular formula is C19H21N2OS+. The summed E-state index contributed by atoms with van der Waals surface area (Å²) in [5.41, 5.74) is 2.38. The molecule has 4 rings (SSSR count). The number of nitrogens with zero attached hydrogens (tertiary/aromatic N) is 2. The van der Waals surface area contributed by atoms with E-state index in [1.54, 1.807) is 0 Å². The number of aliphatic hydroxyl groups is 1. The summed E-state index contributed by atoms with van der Waals surface area (Å²) in [5, 5.41) is 12.7. The standard InChI is InChI=1S/C19H21N2OS/c1-15-8-10-16(11-9-15)19(22)14-20(17-6-3-2-4-7-17)18-21(19)12-5-13-23-18/h2-4,6-11,22H,5,12-14H2,1H3/q+1/t19-/m0/s1. The van der Waals surface area contributed by atoms with Gasteiger partial charge in [-0.3, -0.25) is 0 Å². The molecule has 3 nitrogen and oxygen atoms in total. The molecule has 0 amide bonds. The molecule has 0 unspecified atom stereocenters. The molecule has 23 heavy (non-hydrogen) atoms. The van der Waals surface area contributed by atoms with Gasteiger partial charge in [0.2, 0.25) is 0 Å². The van der Waals surface area contributed by atoms with Crippen molar-refractivity contribution in [1.29, 1.82) is 0 Å². The Bertz CT molecular complexity index is 742. The maximum Gasteiger partial charge on any atom is 0.316 e. The molecule has 1 N–H and O–H groups in total. The third kappa shape index (κ3) is 2.46. The summed E-state index contributed by atoms with van der Waals surface area (Å²) in [6.45, 7) is 3.55. The lowest BCUT2D eigenvalue weighted by Crippen LogP contribution is -2.41. The van der Waals surface area contributed by atoms with Gasteiger partial charge in [0.1, 0.15) is 5.69 Å². The van der Waals surface area contributed by atoms with Gasteiger partial charge in [0.15, 0.2) is 6.54 Å². The van der Waals surface area contributed by atoms with Crippen LogP contribution in [0.1, 0.15) is 17.5 Å². The molecule has 2 aromatic carbocycles. The zero-order chi connectivity index (χ0) is 15.9. The first kappa shape index (κ1) is 14.8. The first-order valence-corrected chi connectivity index (χ1v) is 9.06. The molecule has 2 aliphatic rings. The molecule has 2 aliphatic heterocycles. The summed E-state index contributed by atoms with van der Waals surface area (Å²) < 4.78 is 2.18. The van der Waals surface area contributed by atoms with Gasteiger partial charge in [-0.25, -0.2) is 9.48 Å². The van der Waals surface area contributed by atoms with E-state index in [0.29, 0.717) is 6.54 Å². The lowest BCUT2D eigenvalue weighted by molar-refractivity contribution is -0.656. The summed E-state index contributed by atoms with van der Waals surface area (Å²) >= 11 is 1.85. The van der Waals surface area contributed by atoms with Gasteiger partial charge in [-0.2, -0.15) is 0 Å². The summed E-state index contributed by atoms with van der Waals surface area (Å²) in [6, 6.07) is 18.6. The normalized spacial score (nSPS) is 24.0. The highest BCUT2D eigenvalue weighted by Crippen LogP contribution is 2.37. The maximum absolute atomic E-state index is 11.5. The van der Waals surface area contributed by atoms with Crippen LogP contribution in [0.5, 0.6) is 0 Å². The molecule has 0 aromatic heterocycles. The molecule has 0 saturated heterocycles. The Morgan fingerprint density at radius 2 is 1.83 bits per heavy atom. The van der Waals surface area contributed by atoms with Crippen LogP contribution in [0.2, 0.25) is 0 Å². The molecule has 2 aromatic rings. The highest BCUT2D eigenvalue weighted by atomic mass is 32.2. The summed E-state index contributed by atoms with van der Waals surface area (Å²) in [5.74, 6) is 1.11. The Balaban J connectivity index is 1.80. The SMILES string of the molecule is Cc1ccc([C@@]2(O)CN(c3ccccc3)C3=[N+]2CCCS3)cc1. The predicted octanol–water partition coefficient (Wildman–Crippen LogP) is 3.17. The van der Waals surface area contributed by atoms with Crippen LogP contribution in [0.15, 0.2) is 54.6 Å². The van der Waals surface area contributed by atoms with Crippen LogP contribution in [0.4, 0.5) is 5.69 Å². The lowest BCUT2D eigenvalue weighted by Gasteiger charge is -2.24. The monoisotopic (exact) mass is 325 g/mol. The van der Waals surface area contributed by atoms with E-state index in [1.165, 1.54) is 10.7 Å². The highest BCUT2D eigenvalue weighted by Gasteiger charge is 2.53. The number of benzene rings is 2. The van der Waals surface area contributed by atoms with Gasteiger partial charge >= 0.3 is 5.17 Å². The van der Waals surface area contributed by atoms with Crippen molar-refractivity contribution in [3.05, 3.63) is 65.7 Å². The van der Waals surface area contributed by atoms with Gasteiger partial charge < -0.3 is 5.11 Å². The zero-order valence-corrected chi connectivity index (χ0v) is 14.1. The van der Waals surface area contributed by atoms with Crippen molar-refractivity contribution < 1.29 is 9.68 Å². The van der Waals surface area contributed by atoms with Gasteiger partial charge in [0.05, 0.1) is 6.54 Å². The van der Waals surface area contributed by atoms with Crippen LogP contribution < -0.4 is 4.90 Å². The average molecular weight is 325 g/mol. The third-order valence-corrected chi connectivity index (χ3v) is 5.82. The number of hydrogen-bond donors (Lipinski definition) is 1. The fourth-order valence-electron chi connectivity index (χ4n) is 3.38. The first-order chi connectivity index (χ1) is 11.2. The number of hydrogen-bond acceptors (Lipinski definition) is 3. The van der Waals surface area contributed by atoms with E-state index < -0.39 is 5.72 Å². The minimum Gasteiger partial charge on any atom is -0.346 e. The van der Waals surface area contributed by atoms with Gasteiger partial charge in [-0.05, 0) is 37.2 Å². The number of rotatable bonds is 2. The van der Waals surface area contributed by atoms with Crippen LogP contribution >= 0.6 is 11.8 Å². The van der Waals surface area contributed by atoms with E-state index in [-0.39, 0.29) is 0 Å². The van der Waals surface area contributed by atoms with Crippen LogP contribution in [0.3, 0.4) is 0 Å². The topological polar surface area (TPSA) is 26.5 Å². The van der Waals surface area contributed by atoms with Gasteiger partial charge in [0, 0.05) is 11.3 Å². The Labute approximate surface area is 141 Å². The maximum atomic E-state index is 11.5. The van der Waals surface area contributed by atoms with E-state index in [1.807, 2.05) is 17.8 Å². The Kier molecular flexibility index (Phi) is 3.66. The fourth-order valence-corrected chi connectivity index (χ4v) is 4.56. The second kappa shape index (κ2) is 5.69. The summed E-state index contributed by atoms with van der Waals surface area (Å²) in [7, 11) is 0. The quantitative estimate of drug-likeness (QED) is 0.859. The average Bonchev–Trinajstić information content (AvgIpc) is 2.91. The lowest BCUT2D eigenvalue weighted by atomic mass is 10.0. The van der Waals surface area contributed by atoms with Crippen LogP contribution in [-0.2, 0) is 5.72 Å². The van der Waals surface area contributed by atoms with E-state index in [4.69, 9.17) is 0 Å². The molecular weight excluding hydrogens is 304 g/mol. The van der Waals surface area contributed by atoms with Crippen molar-refractivity contribution in [3.63, 3.8) is 0 Å². The smallest absolute Gasteiger partial charge is 0.316 e. The molecule has 0 radical (unpaired) electrons. The fraction of sp³-hybridized carbons (Fsp3) is 0.316. The minimum absolute atomic E-state index is 0.572. The van der Waals surface area contributed by atoms with Crippen molar-refractivity contribution in [1.82, 2.24) is 0 Å². The van der Waals surface area contributed by atoms with E-state index in [2.05, 4.69) is 64.9 Å². The number of amidine groups is 1. The molecule has 1 atom stereocenters. The second-order valence-electron chi connectivity index (χ2n) is 6.24. The van der Waals surface area contributed by atoms with Crippen LogP contribution in [0.25, 0.3) is 0 Å². The Morgan fingerprint density at radius 1 is 1.09 bits per heavy atom. The zero-order valence-electron chi connectivity index (χ0n) is 13.3. The second-order valence-corrected chi connectivity index (χ2v) is 7.30. The van der Waals surface area contributed by atoms with Gasteiger partial charge in [0.25, 0.3) is 5.72 Å². The molecule has 0 bridgehead atoms. The third-order valence-electron chi connectivity index (χ3n) is 4.63. The largest absolute Gasteiger partial charge is 0.346 e. The Hall–Kier alpha value is -1.78. The van der Waals surface area contributed by atoms with Gasteiger partial charge in [-0.1, -0.05) is 48.0 Å². The van der Waals surface area contributed by atoms with Crippen LogP contribution in [0, 0.1) is 6.92 Å². The number of β-amino-alcohol motifs (C(OH)–C–C–N with tert-alkyl or cyclic N) is 1. The number of aryl methyl sites for hydroxylation is 1. The molecule has 0 aliphatic carbocycles.